The maximum absolute atomic E-state index is 12.3. The summed E-state index contributed by atoms with van der Waals surface area (Å²) in [7, 11) is 0. The molecule has 0 aliphatic heterocycles. The molecule has 0 saturated heterocycles. The first-order valence-electron chi connectivity index (χ1n) is 9.36. The lowest BCUT2D eigenvalue weighted by Gasteiger charge is -2.17. The van der Waals surface area contributed by atoms with Crippen molar-refractivity contribution in [3.8, 4) is 5.75 Å². The lowest BCUT2D eigenvalue weighted by Crippen LogP contribution is -2.31. The van der Waals surface area contributed by atoms with Gasteiger partial charge in [-0.2, -0.15) is 0 Å². The van der Waals surface area contributed by atoms with E-state index in [1.165, 1.54) is 6.26 Å². The van der Waals surface area contributed by atoms with Crippen LogP contribution >= 0.6 is 0 Å². The van der Waals surface area contributed by atoms with Crippen LogP contribution in [0.5, 0.6) is 5.75 Å². The Morgan fingerprint density at radius 1 is 1.07 bits per heavy atom. The monoisotopic (exact) mass is 392 g/mol. The van der Waals surface area contributed by atoms with Gasteiger partial charge in [0.2, 0.25) is 0 Å². The number of ether oxygens (including phenoxy) is 1. The Bertz CT molecular complexity index is 996. The number of hydrogen-bond donors (Lipinski definition) is 2. The lowest BCUT2D eigenvalue weighted by molar-refractivity contribution is -0.123. The topological polar surface area (TPSA) is 80.6 Å². The van der Waals surface area contributed by atoms with Gasteiger partial charge in [0.25, 0.3) is 11.8 Å². The zero-order valence-corrected chi connectivity index (χ0v) is 16.7. The van der Waals surface area contributed by atoms with E-state index in [-0.39, 0.29) is 30.2 Å². The van der Waals surface area contributed by atoms with Crippen molar-refractivity contribution in [2.75, 3.05) is 11.9 Å². The van der Waals surface area contributed by atoms with Crippen LogP contribution in [0.25, 0.3) is 0 Å². The van der Waals surface area contributed by atoms with Gasteiger partial charge in [-0.15, -0.1) is 0 Å². The third-order valence-electron chi connectivity index (χ3n) is 4.49. The molecule has 3 aromatic rings. The van der Waals surface area contributed by atoms with Gasteiger partial charge in [-0.05, 0) is 56.2 Å². The van der Waals surface area contributed by atoms with Crippen molar-refractivity contribution in [1.82, 2.24) is 5.32 Å². The van der Waals surface area contributed by atoms with Crippen LogP contribution in [-0.4, -0.2) is 18.4 Å². The molecule has 150 valence electrons. The summed E-state index contributed by atoms with van der Waals surface area (Å²) in [5, 5.41) is 5.68. The third-order valence-corrected chi connectivity index (χ3v) is 4.49. The average Bonchev–Trinajstić information content (AvgIpc) is 3.23. The van der Waals surface area contributed by atoms with Gasteiger partial charge in [0.15, 0.2) is 12.4 Å². The van der Waals surface area contributed by atoms with Crippen LogP contribution in [0.2, 0.25) is 0 Å². The highest BCUT2D eigenvalue weighted by atomic mass is 16.5. The zero-order valence-electron chi connectivity index (χ0n) is 16.7. The molecule has 0 aliphatic carbocycles. The molecular weight excluding hydrogens is 368 g/mol. The maximum Gasteiger partial charge on any atom is 0.291 e. The summed E-state index contributed by atoms with van der Waals surface area (Å²) in [6, 6.07) is 16.1. The van der Waals surface area contributed by atoms with E-state index >= 15 is 0 Å². The molecule has 6 heteroatoms. The number of rotatable bonds is 7. The highest BCUT2D eigenvalue weighted by Gasteiger charge is 2.13. The van der Waals surface area contributed by atoms with Crippen molar-refractivity contribution < 1.29 is 18.7 Å². The lowest BCUT2D eigenvalue weighted by atomic mass is 10.00. The molecule has 29 heavy (non-hydrogen) atoms. The molecule has 0 spiro atoms. The van der Waals surface area contributed by atoms with Crippen LogP contribution in [-0.2, 0) is 4.79 Å². The molecule has 1 heterocycles. The second kappa shape index (κ2) is 9.10. The number of hydrogen-bond acceptors (Lipinski definition) is 4. The molecular formula is C23H24N2O4. The van der Waals surface area contributed by atoms with Crippen molar-refractivity contribution in [1.29, 1.82) is 0 Å². The summed E-state index contributed by atoms with van der Waals surface area (Å²) < 4.78 is 10.7. The van der Waals surface area contributed by atoms with Gasteiger partial charge in [-0.25, -0.2) is 0 Å². The summed E-state index contributed by atoms with van der Waals surface area (Å²) in [6.07, 6.45) is 1.44. The fourth-order valence-corrected chi connectivity index (χ4v) is 3.00. The Labute approximate surface area is 169 Å². The van der Waals surface area contributed by atoms with Gasteiger partial charge in [0.1, 0.15) is 5.75 Å². The first-order valence-corrected chi connectivity index (χ1v) is 9.36. The van der Waals surface area contributed by atoms with Crippen LogP contribution < -0.4 is 15.4 Å². The quantitative estimate of drug-likeness (QED) is 0.624. The Hall–Kier alpha value is -3.54. The van der Waals surface area contributed by atoms with Gasteiger partial charge < -0.3 is 19.8 Å². The maximum atomic E-state index is 12.3. The van der Waals surface area contributed by atoms with Crippen LogP contribution in [0.3, 0.4) is 0 Å². The minimum absolute atomic E-state index is 0.120. The fraction of sp³-hybridized carbons (Fsp3) is 0.217. The number of benzene rings is 2. The number of aryl methyl sites for hydroxylation is 2. The molecule has 2 N–H and O–H groups in total. The van der Waals surface area contributed by atoms with E-state index in [0.717, 1.165) is 16.7 Å². The van der Waals surface area contributed by atoms with E-state index < -0.39 is 0 Å². The first kappa shape index (κ1) is 20.2. The van der Waals surface area contributed by atoms with Crippen molar-refractivity contribution >= 4 is 17.5 Å². The number of nitrogens with one attached hydrogen (secondary N) is 2. The molecule has 0 fully saturated rings. The van der Waals surface area contributed by atoms with E-state index in [9.17, 15) is 9.59 Å². The van der Waals surface area contributed by atoms with Crippen molar-refractivity contribution in [2.45, 2.75) is 26.8 Å². The van der Waals surface area contributed by atoms with E-state index in [1.807, 2.05) is 32.9 Å². The summed E-state index contributed by atoms with van der Waals surface area (Å²) in [5.41, 5.74) is 3.91. The van der Waals surface area contributed by atoms with E-state index in [4.69, 9.17) is 9.15 Å². The SMILES string of the molecule is Cc1ccc(C)c([C@@H](C)NC(=O)COc2cccc(NC(=O)c3ccco3)c2)c1. The Morgan fingerprint density at radius 2 is 1.90 bits per heavy atom. The second-order valence-electron chi connectivity index (χ2n) is 6.90. The van der Waals surface area contributed by atoms with E-state index in [2.05, 4.69) is 16.7 Å². The predicted molar refractivity (Wildman–Crippen MR) is 111 cm³/mol. The van der Waals surface area contributed by atoms with Crippen LogP contribution in [0.4, 0.5) is 5.69 Å². The molecule has 0 saturated carbocycles. The summed E-state index contributed by atoms with van der Waals surface area (Å²) in [4.78, 5) is 24.3. The average molecular weight is 392 g/mol. The van der Waals surface area contributed by atoms with E-state index in [1.54, 1.807) is 36.4 Å². The number of amides is 2. The summed E-state index contributed by atoms with van der Waals surface area (Å²) in [6.45, 7) is 5.88. The normalized spacial score (nSPS) is 11.6. The van der Waals surface area contributed by atoms with Gasteiger partial charge in [-0.1, -0.05) is 29.8 Å². The van der Waals surface area contributed by atoms with Crippen molar-refractivity contribution in [3.05, 3.63) is 83.3 Å². The summed E-state index contributed by atoms with van der Waals surface area (Å²) in [5.74, 6) is 0.128. The number of furan rings is 1. The number of anilines is 1. The molecule has 2 aromatic carbocycles. The molecule has 1 aromatic heterocycles. The van der Waals surface area contributed by atoms with Crippen molar-refractivity contribution in [3.63, 3.8) is 0 Å². The molecule has 2 amide bonds. The smallest absolute Gasteiger partial charge is 0.291 e. The number of carbonyl (C=O) groups excluding carboxylic acids is 2. The van der Waals surface area contributed by atoms with Crippen LogP contribution in [0.15, 0.2) is 65.3 Å². The van der Waals surface area contributed by atoms with Gasteiger partial charge in [-0.3, -0.25) is 9.59 Å². The van der Waals surface area contributed by atoms with Gasteiger partial charge >= 0.3 is 0 Å². The highest BCUT2D eigenvalue weighted by Crippen LogP contribution is 2.20. The van der Waals surface area contributed by atoms with Crippen LogP contribution in [0.1, 0.15) is 40.2 Å². The largest absolute Gasteiger partial charge is 0.484 e. The standard InChI is InChI=1S/C23H24N2O4/c1-15-9-10-16(2)20(12-15)17(3)24-22(26)14-29-19-7-4-6-18(13-19)25-23(27)21-8-5-11-28-21/h4-13,17H,14H2,1-3H3,(H,24,26)(H,25,27)/t17-/m1/s1. The molecule has 1 atom stereocenters. The number of carbonyl (C=O) groups is 2. The second-order valence-corrected chi connectivity index (χ2v) is 6.90. The molecule has 6 nitrogen and oxygen atoms in total. The van der Waals surface area contributed by atoms with E-state index in [0.29, 0.717) is 11.4 Å². The molecule has 0 bridgehead atoms. The fourth-order valence-electron chi connectivity index (χ4n) is 3.00. The molecule has 0 unspecified atom stereocenters. The highest BCUT2D eigenvalue weighted by molar-refractivity contribution is 6.02. The minimum Gasteiger partial charge on any atom is -0.484 e. The first-order chi connectivity index (χ1) is 13.9. The molecule has 0 aliphatic rings. The Morgan fingerprint density at radius 3 is 2.66 bits per heavy atom. The van der Waals surface area contributed by atoms with Gasteiger partial charge in [0, 0.05) is 11.8 Å². The Balaban J connectivity index is 1.55. The zero-order chi connectivity index (χ0) is 20.8. The summed E-state index contributed by atoms with van der Waals surface area (Å²) >= 11 is 0. The van der Waals surface area contributed by atoms with Crippen molar-refractivity contribution in [2.24, 2.45) is 0 Å². The molecule has 0 radical (unpaired) electrons. The molecule has 3 rings (SSSR count). The predicted octanol–water partition coefficient (Wildman–Crippen LogP) is 4.40. The van der Waals surface area contributed by atoms with Crippen LogP contribution in [0, 0.1) is 13.8 Å². The van der Waals surface area contributed by atoms with Gasteiger partial charge in [0.05, 0.1) is 12.3 Å². The third kappa shape index (κ3) is 5.48. The Kier molecular flexibility index (Phi) is 6.34. The minimum atomic E-state index is -0.354.